The normalized spacial score (nSPS) is 20.5. The molecule has 2 aliphatic heterocycles. The number of β-amino-alcohol motifs (C(OH)–C–C–N with tert-alkyl or cyclic N) is 1. The van der Waals surface area contributed by atoms with Crippen LogP contribution >= 0.6 is 0 Å². The molecular formula is C26H28F2N2O7. The molecular weight excluding hydrogens is 490 g/mol. The Labute approximate surface area is 211 Å². The van der Waals surface area contributed by atoms with Crippen LogP contribution in [-0.4, -0.2) is 87.1 Å². The van der Waals surface area contributed by atoms with Gasteiger partial charge in [-0.1, -0.05) is 0 Å². The number of Topliss-reactive ketones (excluding diaryl/α,β-unsaturated/α-hetero) is 1. The van der Waals surface area contributed by atoms with Crippen LogP contribution in [-0.2, 0) is 9.59 Å². The van der Waals surface area contributed by atoms with E-state index in [0.29, 0.717) is 50.0 Å². The first-order valence-electron chi connectivity index (χ1n) is 11.8. The maximum atomic E-state index is 13.1. The molecule has 2 aliphatic rings. The number of ketones is 1. The SMILES string of the molecule is O=C(O)C(=O)O.O=C(c1ccc(F)cc1)C1CCN([C@H]2CCN(C(=O)c3ccc(F)cc3)C[C@@H]2O)CC1. The van der Waals surface area contributed by atoms with Crippen LogP contribution in [0.2, 0.25) is 0 Å². The summed E-state index contributed by atoms with van der Waals surface area (Å²) in [5, 5.41) is 25.5. The van der Waals surface area contributed by atoms with Crippen molar-refractivity contribution in [2.75, 3.05) is 26.2 Å². The highest BCUT2D eigenvalue weighted by Gasteiger charge is 2.36. The van der Waals surface area contributed by atoms with Gasteiger partial charge < -0.3 is 20.2 Å². The largest absolute Gasteiger partial charge is 0.473 e. The fourth-order valence-electron chi connectivity index (χ4n) is 4.65. The molecule has 0 radical (unpaired) electrons. The minimum atomic E-state index is -1.82. The number of piperidine rings is 2. The lowest BCUT2D eigenvalue weighted by molar-refractivity contribution is -0.159. The van der Waals surface area contributed by atoms with Crippen molar-refractivity contribution in [3.05, 3.63) is 71.3 Å². The van der Waals surface area contributed by atoms with Crippen LogP contribution in [0.3, 0.4) is 0 Å². The highest BCUT2D eigenvalue weighted by atomic mass is 19.1. The van der Waals surface area contributed by atoms with Gasteiger partial charge in [0.15, 0.2) is 5.78 Å². The second-order valence-corrected chi connectivity index (χ2v) is 8.97. The number of halogens is 2. The molecule has 0 unspecified atom stereocenters. The number of carbonyl (C=O) groups is 4. The summed E-state index contributed by atoms with van der Waals surface area (Å²) in [5.41, 5.74) is 0.944. The smallest absolute Gasteiger partial charge is 0.414 e. The molecule has 0 bridgehead atoms. The molecule has 2 heterocycles. The number of benzene rings is 2. The van der Waals surface area contributed by atoms with Crippen LogP contribution in [0.5, 0.6) is 0 Å². The number of aliphatic hydroxyl groups is 1. The number of rotatable bonds is 4. The number of aliphatic hydroxyl groups excluding tert-OH is 1. The Balaban J connectivity index is 0.000000568. The standard InChI is InChI=1S/C24H26F2N2O3.C2H2O4/c25-19-5-1-16(2-6-19)23(30)17-9-12-27(13-10-17)21-11-14-28(15-22(21)29)24(31)18-3-7-20(26)8-4-18;3-1(4)2(5)6/h1-8,17,21-22,29H,9-15H2;(H,3,4)(H,5,6)/t21-,22-;/m0./s1. The lowest BCUT2D eigenvalue weighted by atomic mass is 9.87. The first-order valence-corrected chi connectivity index (χ1v) is 11.8. The van der Waals surface area contributed by atoms with Crippen molar-refractivity contribution in [2.24, 2.45) is 5.92 Å². The van der Waals surface area contributed by atoms with E-state index in [-0.39, 0.29) is 36.0 Å². The van der Waals surface area contributed by atoms with E-state index in [9.17, 15) is 23.5 Å². The zero-order chi connectivity index (χ0) is 27.1. The molecule has 1 amide bonds. The molecule has 2 fully saturated rings. The summed E-state index contributed by atoms with van der Waals surface area (Å²) in [5.74, 6) is -4.66. The van der Waals surface area contributed by atoms with Crippen molar-refractivity contribution in [1.29, 1.82) is 0 Å². The van der Waals surface area contributed by atoms with E-state index in [2.05, 4.69) is 4.90 Å². The molecule has 3 N–H and O–H groups in total. The molecule has 4 rings (SSSR count). The van der Waals surface area contributed by atoms with Crippen molar-refractivity contribution < 1.29 is 43.3 Å². The molecule has 11 heteroatoms. The van der Waals surface area contributed by atoms with Gasteiger partial charge in [-0.3, -0.25) is 14.5 Å². The number of hydrogen-bond donors (Lipinski definition) is 3. The molecule has 198 valence electrons. The number of aliphatic carboxylic acids is 2. The van der Waals surface area contributed by atoms with E-state index in [0.717, 1.165) is 0 Å². The Morgan fingerprint density at radius 3 is 1.68 bits per heavy atom. The molecule has 0 spiro atoms. The van der Waals surface area contributed by atoms with Gasteiger partial charge in [-0.15, -0.1) is 0 Å². The lowest BCUT2D eigenvalue weighted by Gasteiger charge is -2.44. The van der Waals surface area contributed by atoms with Gasteiger partial charge >= 0.3 is 11.9 Å². The van der Waals surface area contributed by atoms with Gasteiger partial charge in [-0.25, -0.2) is 18.4 Å². The minimum Gasteiger partial charge on any atom is -0.473 e. The van der Waals surface area contributed by atoms with Crippen LogP contribution in [0.4, 0.5) is 8.78 Å². The van der Waals surface area contributed by atoms with E-state index in [1.165, 1.54) is 48.5 Å². The van der Waals surface area contributed by atoms with Crippen LogP contribution in [0.15, 0.2) is 48.5 Å². The Bertz CT molecular complexity index is 1100. The zero-order valence-corrected chi connectivity index (χ0v) is 19.9. The van der Waals surface area contributed by atoms with Crippen LogP contribution in [0.1, 0.15) is 40.0 Å². The van der Waals surface area contributed by atoms with Crippen LogP contribution < -0.4 is 0 Å². The van der Waals surface area contributed by atoms with Crippen molar-refractivity contribution in [1.82, 2.24) is 9.80 Å². The van der Waals surface area contributed by atoms with Crippen molar-refractivity contribution >= 4 is 23.6 Å². The third kappa shape index (κ3) is 7.40. The summed E-state index contributed by atoms with van der Waals surface area (Å²) in [6.45, 7) is 2.15. The summed E-state index contributed by atoms with van der Waals surface area (Å²) >= 11 is 0. The average molecular weight is 519 g/mol. The maximum absolute atomic E-state index is 13.1. The fourth-order valence-corrected chi connectivity index (χ4v) is 4.65. The number of amides is 1. The predicted octanol–water partition coefficient (Wildman–Crippen LogP) is 2.29. The highest BCUT2D eigenvalue weighted by molar-refractivity contribution is 6.27. The number of hydrogen-bond acceptors (Lipinski definition) is 6. The fraction of sp³-hybridized carbons (Fsp3) is 0.385. The summed E-state index contributed by atoms with van der Waals surface area (Å²) in [6.07, 6.45) is 1.35. The van der Waals surface area contributed by atoms with E-state index in [1.54, 1.807) is 4.90 Å². The number of nitrogens with zero attached hydrogens (tertiary/aromatic N) is 2. The highest BCUT2D eigenvalue weighted by Crippen LogP contribution is 2.27. The molecule has 2 aromatic carbocycles. The first-order chi connectivity index (χ1) is 17.6. The van der Waals surface area contributed by atoms with Gasteiger partial charge in [-0.2, -0.15) is 0 Å². The molecule has 37 heavy (non-hydrogen) atoms. The Morgan fingerprint density at radius 1 is 0.730 bits per heavy atom. The van der Waals surface area contributed by atoms with E-state index >= 15 is 0 Å². The summed E-state index contributed by atoms with van der Waals surface area (Å²) in [6, 6.07) is 11.0. The zero-order valence-electron chi connectivity index (χ0n) is 19.9. The van der Waals surface area contributed by atoms with Gasteiger partial charge in [0.25, 0.3) is 5.91 Å². The van der Waals surface area contributed by atoms with Gasteiger partial charge in [0.05, 0.1) is 6.10 Å². The van der Waals surface area contributed by atoms with Crippen LogP contribution in [0.25, 0.3) is 0 Å². The number of carbonyl (C=O) groups excluding carboxylic acids is 2. The molecule has 2 aromatic rings. The quantitative estimate of drug-likeness (QED) is 0.415. The second-order valence-electron chi connectivity index (χ2n) is 8.97. The van der Waals surface area contributed by atoms with Gasteiger partial charge in [0, 0.05) is 36.2 Å². The Morgan fingerprint density at radius 2 is 1.22 bits per heavy atom. The number of likely N-dealkylation sites (tertiary alicyclic amines) is 2. The third-order valence-electron chi connectivity index (χ3n) is 6.61. The van der Waals surface area contributed by atoms with Gasteiger partial charge in [-0.05, 0) is 80.9 Å². The topological polar surface area (TPSA) is 135 Å². The number of carboxylic acid groups (broad SMARTS) is 2. The van der Waals surface area contributed by atoms with Gasteiger partial charge in [0.1, 0.15) is 11.6 Å². The molecule has 2 saturated heterocycles. The summed E-state index contributed by atoms with van der Waals surface area (Å²) in [4.78, 5) is 47.3. The van der Waals surface area contributed by atoms with Crippen LogP contribution in [0, 0.1) is 17.6 Å². The maximum Gasteiger partial charge on any atom is 0.414 e. The molecule has 9 nitrogen and oxygen atoms in total. The van der Waals surface area contributed by atoms with Crippen molar-refractivity contribution in [3.8, 4) is 0 Å². The van der Waals surface area contributed by atoms with Gasteiger partial charge in [0.2, 0.25) is 0 Å². The first kappa shape index (κ1) is 27.9. The van der Waals surface area contributed by atoms with E-state index < -0.39 is 23.9 Å². The van der Waals surface area contributed by atoms with E-state index in [1.807, 2.05) is 0 Å². The monoisotopic (exact) mass is 518 g/mol. The molecule has 0 saturated carbocycles. The average Bonchev–Trinajstić information content (AvgIpc) is 2.89. The summed E-state index contributed by atoms with van der Waals surface area (Å²) in [7, 11) is 0. The summed E-state index contributed by atoms with van der Waals surface area (Å²) < 4.78 is 26.2. The Hall–Kier alpha value is -3.70. The Kier molecular flexibility index (Phi) is 9.42. The molecule has 2 atom stereocenters. The third-order valence-corrected chi connectivity index (χ3v) is 6.61. The lowest BCUT2D eigenvalue weighted by Crippen LogP contribution is -2.57. The predicted molar refractivity (Wildman–Crippen MR) is 127 cm³/mol. The minimum absolute atomic E-state index is 0.0416. The number of carboxylic acids is 2. The molecule has 0 aromatic heterocycles. The van der Waals surface area contributed by atoms with E-state index in [4.69, 9.17) is 19.8 Å². The second kappa shape index (κ2) is 12.5. The molecule has 0 aliphatic carbocycles. The van der Waals surface area contributed by atoms with Crippen molar-refractivity contribution in [3.63, 3.8) is 0 Å². The van der Waals surface area contributed by atoms with Crippen molar-refractivity contribution in [2.45, 2.75) is 31.4 Å².